The van der Waals surface area contributed by atoms with Crippen molar-refractivity contribution in [2.45, 2.75) is 6.92 Å². The van der Waals surface area contributed by atoms with Gasteiger partial charge in [-0.15, -0.1) is 0 Å². The average molecular weight is 279 g/mol. The molecule has 3 N–H and O–H groups in total. The fourth-order valence-electron chi connectivity index (χ4n) is 1.25. The Kier molecular flexibility index (Phi) is 3.05. The molecule has 0 unspecified atom stereocenters. The first-order valence-corrected chi connectivity index (χ1v) is 5.55. The third-order valence-corrected chi connectivity index (χ3v) is 2.98. The number of nitrogen functional groups attached to an aromatic ring is 1. The quantitative estimate of drug-likeness (QED) is 0.887. The molecule has 0 saturated heterocycles. The normalized spacial score (nSPS) is 10.1. The van der Waals surface area contributed by atoms with Gasteiger partial charge >= 0.3 is 0 Å². The van der Waals surface area contributed by atoms with Crippen molar-refractivity contribution in [3.05, 3.63) is 40.6 Å². The lowest BCUT2D eigenvalue weighted by Crippen LogP contribution is -1.98. The SMILES string of the molecule is Cc1cc(Nc2ncc(N)cn2)ccc1Br. The number of hydrogen-bond acceptors (Lipinski definition) is 4. The summed E-state index contributed by atoms with van der Waals surface area (Å²) >= 11 is 3.45. The van der Waals surface area contributed by atoms with Crippen LogP contribution in [-0.2, 0) is 0 Å². The highest BCUT2D eigenvalue weighted by Gasteiger charge is 1.99. The molecular weight excluding hydrogens is 268 g/mol. The first-order chi connectivity index (χ1) is 7.65. The zero-order valence-electron chi connectivity index (χ0n) is 8.74. The summed E-state index contributed by atoms with van der Waals surface area (Å²) in [5.74, 6) is 0.538. The lowest BCUT2D eigenvalue weighted by Gasteiger charge is -2.06. The van der Waals surface area contributed by atoms with Gasteiger partial charge < -0.3 is 11.1 Å². The molecule has 0 aliphatic rings. The van der Waals surface area contributed by atoms with Crippen LogP contribution in [0.3, 0.4) is 0 Å². The van der Waals surface area contributed by atoms with Crippen molar-refractivity contribution in [2.24, 2.45) is 0 Å². The Labute approximate surface area is 102 Å². The van der Waals surface area contributed by atoms with Gasteiger partial charge in [0.2, 0.25) is 5.95 Å². The van der Waals surface area contributed by atoms with Crippen molar-refractivity contribution in [2.75, 3.05) is 11.1 Å². The lowest BCUT2D eigenvalue weighted by molar-refractivity contribution is 1.17. The average Bonchev–Trinajstić information content (AvgIpc) is 2.27. The van der Waals surface area contributed by atoms with E-state index in [4.69, 9.17) is 5.73 Å². The predicted molar refractivity (Wildman–Crippen MR) is 68.6 cm³/mol. The molecule has 0 spiro atoms. The maximum Gasteiger partial charge on any atom is 0.227 e. The fourth-order valence-corrected chi connectivity index (χ4v) is 1.50. The van der Waals surface area contributed by atoms with Gasteiger partial charge in [0.1, 0.15) is 0 Å². The van der Waals surface area contributed by atoms with E-state index in [2.05, 4.69) is 31.2 Å². The highest BCUT2D eigenvalue weighted by atomic mass is 79.9. The lowest BCUT2D eigenvalue weighted by atomic mass is 10.2. The van der Waals surface area contributed by atoms with E-state index in [0.717, 1.165) is 15.7 Å². The van der Waals surface area contributed by atoms with Crippen LogP contribution in [0, 0.1) is 6.92 Å². The molecule has 1 aromatic heterocycles. The highest BCUT2D eigenvalue weighted by molar-refractivity contribution is 9.10. The van der Waals surface area contributed by atoms with Crippen molar-refractivity contribution in [3.63, 3.8) is 0 Å². The van der Waals surface area contributed by atoms with Gasteiger partial charge in [0.05, 0.1) is 18.1 Å². The van der Waals surface area contributed by atoms with Crippen molar-refractivity contribution >= 4 is 33.3 Å². The van der Waals surface area contributed by atoms with Gasteiger partial charge in [0, 0.05) is 10.2 Å². The maximum absolute atomic E-state index is 5.51. The van der Waals surface area contributed by atoms with Crippen molar-refractivity contribution in [1.82, 2.24) is 9.97 Å². The van der Waals surface area contributed by atoms with Crippen molar-refractivity contribution < 1.29 is 0 Å². The van der Waals surface area contributed by atoms with E-state index >= 15 is 0 Å². The monoisotopic (exact) mass is 278 g/mol. The molecule has 0 fully saturated rings. The number of nitrogens with one attached hydrogen (secondary N) is 1. The van der Waals surface area contributed by atoms with Crippen LogP contribution in [0.25, 0.3) is 0 Å². The number of rotatable bonds is 2. The van der Waals surface area contributed by atoms with Gasteiger partial charge in [-0.2, -0.15) is 0 Å². The maximum atomic E-state index is 5.51. The van der Waals surface area contributed by atoms with E-state index in [1.165, 1.54) is 0 Å². The van der Waals surface area contributed by atoms with Gasteiger partial charge in [-0.25, -0.2) is 9.97 Å². The van der Waals surface area contributed by atoms with E-state index in [9.17, 15) is 0 Å². The minimum Gasteiger partial charge on any atom is -0.396 e. The van der Waals surface area contributed by atoms with Gasteiger partial charge in [-0.1, -0.05) is 15.9 Å². The standard InChI is InChI=1S/C11H11BrN4/c1-7-4-9(2-3-10(7)12)16-11-14-5-8(13)6-15-11/h2-6H,13H2,1H3,(H,14,15,16). The zero-order chi connectivity index (χ0) is 11.5. The van der Waals surface area contributed by atoms with E-state index in [1.807, 2.05) is 25.1 Å². The highest BCUT2D eigenvalue weighted by Crippen LogP contribution is 2.21. The minimum atomic E-state index is 0.538. The van der Waals surface area contributed by atoms with Crippen LogP contribution in [0.15, 0.2) is 35.1 Å². The van der Waals surface area contributed by atoms with Gasteiger partial charge in [-0.05, 0) is 30.7 Å². The Balaban J connectivity index is 2.20. The molecule has 0 atom stereocenters. The van der Waals surface area contributed by atoms with E-state index in [1.54, 1.807) is 12.4 Å². The summed E-state index contributed by atoms with van der Waals surface area (Å²) in [5, 5.41) is 3.10. The first-order valence-electron chi connectivity index (χ1n) is 4.76. The molecular formula is C11H11BrN4. The Bertz CT molecular complexity index is 496. The van der Waals surface area contributed by atoms with Crippen LogP contribution >= 0.6 is 15.9 Å². The Morgan fingerprint density at radius 1 is 1.25 bits per heavy atom. The number of aromatic nitrogens is 2. The van der Waals surface area contributed by atoms with Crippen LogP contribution < -0.4 is 11.1 Å². The van der Waals surface area contributed by atoms with Crippen LogP contribution in [0.4, 0.5) is 17.3 Å². The Morgan fingerprint density at radius 2 is 1.94 bits per heavy atom. The summed E-state index contributed by atoms with van der Waals surface area (Å²) in [6.07, 6.45) is 3.14. The number of aryl methyl sites for hydroxylation is 1. The number of benzene rings is 1. The van der Waals surface area contributed by atoms with Crippen molar-refractivity contribution in [3.8, 4) is 0 Å². The Hall–Kier alpha value is -1.62. The molecule has 5 heteroatoms. The summed E-state index contributed by atoms with van der Waals surface area (Å²) in [4.78, 5) is 8.13. The van der Waals surface area contributed by atoms with Crippen LogP contribution in [0.5, 0.6) is 0 Å². The molecule has 82 valence electrons. The molecule has 4 nitrogen and oxygen atoms in total. The van der Waals surface area contributed by atoms with Crippen molar-refractivity contribution in [1.29, 1.82) is 0 Å². The molecule has 0 saturated carbocycles. The predicted octanol–water partition coefficient (Wildman–Crippen LogP) is 2.87. The van der Waals surface area contributed by atoms with E-state index in [-0.39, 0.29) is 0 Å². The number of halogens is 1. The van der Waals surface area contributed by atoms with Gasteiger partial charge in [0.15, 0.2) is 0 Å². The molecule has 0 bridgehead atoms. The van der Waals surface area contributed by atoms with E-state index < -0.39 is 0 Å². The number of hydrogen-bond donors (Lipinski definition) is 2. The summed E-state index contributed by atoms with van der Waals surface area (Å²) in [6.45, 7) is 2.03. The molecule has 2 rings (SSSR count). The van der Waals surface area contributed by atoms with Crippen LogP contribution in [-0.4, -0.2) is 9.97 Å². The molecule has 0 amide bonds. The molecule has 0 radical (unpaired) electrons. The Morgan fingerprint density at radius 3 is 2.56 bits per heavy atom. The second-order valence-electron chi connectivity index (χ2n) is 3.43. The largest absolute Gasteiger partial charge is 0.396 e. The second-order valence-corrected chi connectivity index (χ2v) is 4.28. The molecule has 1 aromatic carbocycles. The molecule has 0 aliphatic heterocycles. The fraction of sp³-hybridized carbons (Fsp3) is 0.0909. The number of anilines is 3. The molecule has 0 aliphatic carbocycles. The van der Waals surface area contributed by atoms with Gasteiger partial charge in [-0.3, -0.25) is 0 Å². The first kappa shape index (κ1) is 10.9. The summed E-state index contributed by atoms with van der Waals surface area (Å²) in [7, 11) is 0. The minimum absolute atomic E-state index is 0.538. The molecule has 16 heavy (non-hydrogen) atoms. The number of nitrogens with two attached hydrogens (primary N) is 1. The van der Waals surface area contributed by atoms with Gasteiger partial charge in [0.25, 0.3) is 0 Å². The number of nitrogens with zero attached hydrogens (tertiary/aromatic N) is 2. The topological polar surface area (TPSA) is 63.8 Å². The smallest absolute Gasteiger partial charge is 0.227 e. The van der Waals surface area contributed by atoms with Crippen LogP contribution in [0.2, 0.25) is 0 Å². The summed E-state index contributed by atoms with van der Waals surface area (Å²) < 4.78 is 1.08. The molecule has 2 aromatic rings. The molecule has 1 heterocycles. The summed E-state index contributed by atoms with van der Waals surface area (Å²) in [5.41, 5.74) is 8.16. The second kappa shape index (κ2) is 4.49. The van der Waals surface area contributed by atoms with E-state index in [0.29, 0.717) is 11.6 Å². The zero-order valence-corrected chi connectivity index (χ0v) is 10.3. The third kappa shape index (κ3) is 2.49. The third-order valence-electron chi connectivity index (χ3n) is 2.09. The van der Waals surface area contributed by atoms with Crippen LogP contribution in [0.1, 0.15) is 5.56 Å². The summed E-state index contributed by atoms with van der Waals surface area (Å²) in [6, 6.07) is 5.95.